The Bertz CT molecular complexity index is 1740. The number of nitriles is 1. The molecule has 3 aliphatic rings. The molecule has 4 atom stereocenters. The summed E-state index contributed by atoms with van der Waals surface area (Å²) in [5.74, 6) is -0.917. The maximum atomic E-state index is 13.1. The number of carbonyl (C=O) groups is 3. The van der Waals surface area contributed by atoms with Gasteiger partial charge < -0.3 is 0 Å². The van der Waals surface area contributed by atoms with Crippen molar-refractivity contribution in [3.8, 4) is 28.5 Å². The normalized spacial score (nSPS) is 23.3. The van der Waals surface area contributed by atoms with Crippen molar-refractivity contribution in [2.75, 3.05) is 6.54 Å². The molecule has 2 N–H and O–H groups in total. The number of hydrogen-bond acceptors (Lipinski definition) is 8. The highest BCUT2D eigenvalue weighted by molar-refractivity contribution is 7.03. The number of hydrogen-bond donors (Lipinski definition) is 2. The summed E-state index contributed by atoms with van der Waals surface area (Å²) in [5.41, 5.74) is 11.9. The van der Waals surface area contributed by atoms with Crippen LogP contribution in [0.15, 0.2) is 60.2 Å². The third kappa shape index (κ3) is 4.22. The molecule has 2 aromatic carbocycles. The van der Waals surface area contributed by atoms with Crippen LogP contribution in [0.4, 0.5) is 0 Å². The van der Waals surface area contributed by atoms with Crippen LogP contribution in [0.3, 0.4) is 0 Å². The number of benzene rings is 2. The van der Waals surface area contributed by atoms with Crippen molar-refractivity contribution < 1.29 is 14.4 Å². The fraction of sp³-hybridized carbons (Fsp3) is 0.290. The number of aryl methyl sites for hydroxylation is 1. The van der Waals surface area contributed by atoms with Gasteiger partial charge in [-0.2, -0.15) is 10.4 Å². The van der Waals surface area contributed by atoms with Crippen LogP contribution in [0, 0.1) is 23.2 Å². The van der Waals surface area contributed by atoms with Gasteiger partial charge in [-0.15, -0.1) is 0 Å². The Balaban J connectivity index is 1.18. The van der Waals surface area contributed by atoms with Crippen molar-refractivity contribution in [2.45, 2.75) is 31.2 Å². The van der Waals surface area contributed by atoms with E-state index in [0.717, 1.165) is 34.4 Å². The molecule has 1 saturated carbocycles. The highest BCUT2D eigenvalue weighted by atomic mass is 32.1. The van der Waals surface area contributed by atoms with E-state index in [1.807, 2.05) is 41.5 Å². The van der Waals surface area contributed by atoms with Gasteiger partial charge >= 0.3 is 0 Å². The number of aromatic nitrogens is 3. The van der Waals surface area contributed by atoms with Gasteiger partial charge in [0.1, 0.15) is 0 Å². The van der Waals surface area contributed by atoms with Gasteiger partial charge in [0.2, 0.25) is 5.91 Å². The van der Waals surface area contributed by atoms with Crippen LogP contribution in [0.25, 0.3) is 22.4 Å². The number of fused-ring (bicyclic) bond motifs is 2. The van der Waals surface area contributed by atoms with Crippen molar-refractivity contribution in [1.82, 2.24) is 29.9 Å². The van der Waals surface area contributed by atoms with E-state index in [-0.39, 0.29) is 48.1 Å². The smallest absolute Gasteiger partial charge is 0.261 e. The van der Waals surface area contributed by atoms with Gasteiger partial charge in [-0.25, -0.2) is 9.80 Å². The number of rotatable bonds is 5. The maximum absolute atomic E-state index is 13.1. The van der Waals surface area contributed by atoms with Crippen molar-refractivity contribution >= 4 is 29.3 Å². The summed E-state index contributed by atoms with van der Waals surface area (Å²) in [5, 5.41) is 16.6. The number of amides is 3. The lowest BCUT2D eigenvalue weighted by Gasteiger charge is -2.44. The zero-order valence-electron chi connectivity index (χ0n) is 22.8. The fourth-order valence-corrected chi connectivity index (χ4v) is 7.40. The summed E-state index contributed by atoms with van der Waals surface area (Å²) in [4.78, 5) is 40.4. The molecule has 2 aromatic heterocycles. The predicted octanol–water partition coefficient (Wildman–Crippen LogP) is 3.88. The molecule has 1 aliphatic carbocycles. The first-order chi connectivity index (χ1) is 20.4. The molecule has 210 valence electrons. The van der Waals surface area contributed by atoms with Crippen LogP contribution < -0.4 is 10.9 Å². The maximum Gasteiger partial charge on any atom is 0.261 e. The van der Waals surface area contributed by atoms with Crippen LogP contribution in [-0.2, 0) is 11.8 Å². The molecule has 42 heavy (non-hydrogen) atoms. The van der Waals surface area contributed by atoms with Crippen molar-refractivity contribution in [2.24, 2.45) is 18.9 Å². The second-order valence-corrected chi connectivity index (χ2v) is 11.8. The largest absolute Gasteiger partial charge is 0.291 e. The molecule has 0 spiro atoms. The molecule has 7 rings (SSSR count). The standard InChI is InChI=1S/C31H27N7O3S/c1-37-28(21-8-6-17(10-19(21)12-32)20-13-34-42-16-20)26(14-33-37)18-7-9-22-25(11-18)27(35-36-29(22)39)15-38-30(40)23-4-2-3-5-24(23)31(38)41/h2-6,8,10,13-14,16,18,22,25,27,35H,7,9,11,15H2,1H3,(H,36,39). The van der Waals surface area contributed by atoms with E-state index in [1.54, 1.807) is 30.5 Å². The molecule has 4 heterocycles. The van der Waals surface area contributed by atoms with Crippen LogP contribution in [0.2, 0.25) is 0 Å². The lowest BCUT2D eigenvalue weighted by Crippen LogP contribution is -2.63. The monoisotopic (exact) mass is 577 g/mol. The van der Waals surface area contributed by atoms with E-state index in [2.05, 4.69) is 26.4 Å². The van der Waals surface area contributed by atoms with Gasteiger partial charge in [0, 0.05) is 53.8 Å². The SMILES string of the molecule is Cn1ncc(C2CCC3C(=O)NNC(CN4C(=O)c5ccccc5C4=O)C3C2)c1-c1ccc(-c2cnsc2)cc1C#N. The number of imide groups is 1. The van der Waals surface area contributed by atoms with E-state index >= 15 is 0 Å². The van der Waals surface area contributed by atoms with E-state index < -0.39 is 0 Å². The van der Waals surface area contributed by atoms with Gasteiger partial charge in [0.25, 0.3) is 11.8 Å². The minimum atomic E-state index is -0.307. The van der Waals surface area contributed by atoms with Crippen molar-refractivity contribution in [3.63, 3.8) is 0 Å². The summed E-state index contributed by atoms with van der Waals surface area (Å²) in [6.07, 6.45) is 5.80. The summed E-state index contributed by atoms with van der Waals surface area (Å²) >= 11 is 1.37. The third-order valence-electron chi connectivity index (χ3n) is 8.96. The van der Waals surface area contributed by atoms with E-state index in [4.69, 9.17) is 0 Å². The molecule has 0 bridgehead atoms. The molecule has 2 aliphatic heterocycles. The number of carbonyl (C=O) groups excluding carboxylic acids is 3. The fourth-order valence-electron chi connectivity index (χ4n) is 6.86. The Kier molecular flexibility index (Phi) is 6.45. The Morgan fingerprint density at radius 3 is 2.52 bits per heavy atom. The second kappa shape index (κ2) is 10.3. The second-order valence-electron chi connectivity index (χ2n) is 11.1. The van der Waals surface area contributed by atoms with Gasteiger partial charge in [-0.1, -0.05) is 24.3 Å². The van der Waals surface area contributed by atoms with Crippen molar-refractivity contribution in [1.29, 1.82) is 5.26 Å². The average Bonchev–Trinajstić information content (AvgIpc) is 3.74. The minimum absolute atomic E-state index is 0.0613. The Labute approximate surface area is 246 Å². The summed E-state index contributed by atoms with van der Waals surface area (Å²) in [7, 11) is 1.88. The summed E-state index contributed by atoms with van der Waals surface area (Å²) < 4.78 is 5.99. The lowest BCUT2D eigenvalue weighted by molar-refractivity contribution is -0.133. The Morgan fingerprint density at radius 2 is 1.81 bits per heavy atom. The van der Waals surface area contributed by atoms with Crippen LogP contribution in [0.5, 0.6) is 0 Å². The Morgan fingerprint density at radius 1 is 1.02 bits per heavy atom. The van der Waals surface area contributed by atoms with Crippen LogP contribution in [-0.4, -0.2) is 49.4 Å². The van der Waals surface area contributed by atoms with Crippen LogP contribution in [0.1, 0.15) is 57.0 Å². The van der Waals surface area contributed by atoms with E-state index in [1.165, 1.54) is 16.4 Å². The zero-order valence-corrected chi connectivity index (χ0v) is 23.6. The first-order valence-electron chi connectivity index (χ1n) is 13.9. The third-order valence-corrected chi connectivity index (χ3v) is 9.55. The van der Waals surface area contributed by atoms with E-state index in [0.29, 0.717) is 29.5 Å². The molecule has 2 fully saturated rings. The Hall–Kier alpha value is -4.66. The summed E-state index contributed by atoms with van der Waals surface area (Å²) in [6.45, 7) is 0.165. The van der Waals surface area contributed by atoms with Gasteiger partial charge in [-0.05, 0) is 66.4 Å². The first-order valence-corrected chi connectivity index (χ1v) is 14.7. The van der Waals surface area contributed by atoms with Gasteiger partial charge in [-0.3, -0.25) is 29.4 Å². The number of nitrogens with zero attached hydrogens (tertiary/aromatic N) is 5. The van der Waals surface area contributed by atoms with Crippen molar-refractivity contribution in [3.05, 3.63) is 82.5 Å². The number of hydrazine groups is 1. The molecule has 10 nitrogen and oxygen atoms in total. The summed E-state index contributed by atoms with van der Waals surface area (Å²) in [6, 6.07) is 14.8. The lowest BCUT2D eigenvalue weighted by atomic mass is 9.67. The minimum Gasteiger partial charge on any atom is -0.291 e. The molecule has 1 saturated heterocycles. The first kappa shape index (κ1) is 26.3. The van der Waals surface area contributed by atoms with Crippen LogP contribution >= 0.6 is 11.5 Å². The molecule has 4 unspecified atom stereocenters. The average molecular weight is 578 g/mol. The van der Waals surface area contributed by atoms with Gasteiger partial charge in [0.05, 0.1) is 34.7 Å². The molecular formula is C31H27N7O3S. The molecule has 11 heteroatoms. The quantitative estimate of drug-likeness (QED) is 0.344. The highest BCUT2D eigenvalue weighted by Gasteiger charge is 2.46. The van der Waals surface area contributed by atoms with Gasteiger partial charge in [0.15, 0.2) is 0 Å². The van der Waals surface area contributed by atoms with E-state index in [9.17, 15) is 19.6 Å². The zero-order chi connectivity index (χ0) is 29.0. The molecule has 0 radical (unpaired) electrons. The molecule has 3 amide bonds. The molecular weight excluding hydrogens is 550 g/mol. The predicted molar refractivity (Wildman–Crippen MR) is 155 cm³/mol. The number of nitrogens with one attached hydrogen (secondary N) is 2. The molecule has 4 aromatic rings. The topological polar surface area (TPSA) is 133 Å². The highest BCUT2D eigenvalue weighted by Crippen LogP contribution is 2.45.